The third-order valence-corrected chi connectivity index (χ3v) is 12.6. The van der Waals surface area contributed by atoms with E-state index in [1.54, 1.807) is 43.3 Å². The fourth-order valence-corrected chi connectivity index (χ4v) is 9.00. The van der Waals surface area contributed by atoms with Crippen molar-refractivity contribution >= 4 is 56.3 Å². The molecule has 6 nitrogen and oxygen atoms in total. The lowest BCUT2D eigenvalue weighted by Crippen LogP contribution is -2.40. The summed E-state index contributed by atoms with van der Waals surface area (Å²) in [5, 5.41) is 21.7. The molecule has 9 rings (SSSR count). The number of fused-ring (bicyclic) bond motifs is 2. The van der Waals surface area contributed by atoms with Gasteiger partial charge in [0.05, 0.1) is 12.5 Å². The Morgan fingerprint density at radius 2 is 1.30 bits per heavy atom. The van der Waals surface area contributed by atoms with Gasteiger partial charge in [-0.2, -0.15) is 0 Å². The van der Waals surface area contributed by atoms with E-state index in [1.165, 1.54) is 24.3 Å². The van der Waals surface area contributed by atoms with Crippen LogP contribution in [0.2, 0.25) is 0 Å². The van der Waals surface area contributed by atoms with E-state index in [9.17, 15) is 27.8 Å². The Kier molecular flexibility index (Phi) is 12.7. The zero-order chi connectivity index (χ0) is 43.0. The fraction of sp³-hybridized carbons (Fsp3) is 0.224. The van der Waals surface area contributed by atoms with E-state index < -0.39 is 47.0 Å². The van der Waals surface area contributed by atoms with Gasteiger partial charge in [-0.25, -0.2) is 17.6 Å². The lowest BCUT2D eigenvalue weighted by Gasteiger charge is -2.44. The van der Waals surface area contributed by atoms with Crippen molar-refractivity contribution in [1.29, 1.82) is 0 Å². The molecule has 6 aromatic carbocycles. The molecule has 314 valence electrons. The normalized spacial score (nSPS) is 21.9. The van der Waals surface area contributed by atoms with Gasteiger partial charge in [-0.1, -0.05) is 24.3 Å². The first-order valence-corrected chi connectivity index (χ1v) is 21.9. The van der Waals surface area contributed by atoms with Crippen molar-refractivity contribution in [2.24, 2.45) is 0 Å². The SMILES string of the molecule is CC1(O)c2ccc(OC3CCCCO3)cc2OC(c2ccc(I)cc2)C1c1cc(F)cc(F)c1.CC1=C(c2cc(F)cc(F)c2)C(c2ccc(I)cc2)Oc2cc(O)ccc21. The number of hydrogen-bond acceptors (Lipinski definition) is 6. The maximum Gasteiger partial charge on any atom is 0.199 e. The molecule has 5 atom stereocenters. The van der Waals surface area contributed by atoms with Gasteiger partial charge < -0.3 is 29.2 Å². The van der Waals surface area contributed by atoms with Crippen LogP contribution in [0.15, 0.2) is 121 Å². The maximum atomic E-state index is 14.2. The van der Waals surface area contributed by atoms with E-state index in [1.807, 2.05) is 55.5 Å². The molecule has 61 heavy (non-hydrogen) atoms. The number of halogens is 6. The first-order valence-electron chi connectivity index (χ1n) is 19.7. The van der Waals surface area contributed by atoms with Crippen LogP contribution >= 0.6 is 45.2 Å². The average Bonchev–Trinajstić information content (AvgIpc) is 3.21. The van der Waals surface area contributed by atoms with Gasteiger partial charge in [0.2, 0.25) is 0 Å². The summed E-state index contributed by atoms with van der Waals surface area (Å²) in [6, 6.07) is 32.4. The standard InChI is InChI=1S/C27H25F2IO4.C22H15F2IO2/c1-27(31)22-10-9-21(33-24-4-2-3-11-32-24)15-23(22)34-26(16-5-7-20(30)8-6-16)25(27)17-12-18(28)14-19(29)13-17;1-12-19-7-6-18(26)11-20(19)27-22(13-2-4-17(25)5-3-13)21(12)14-8-15(23)10-16(24)9-14/h5-10,12-15,24-26,31H,2-4,11H2,1H3;2-11,22,26H,1H3. The van der Waals surface area contributed by atoms with Crippen LogP contribution in [0.4, 0.5) is 17.6 Å². The molecule has 2 N–H and O–H groups in total. The van der Waals surface area contributed by atoms with Crippen molar-refractivity contribution in [3.63, 3.8) is 0 Å². The zero-order valence-corrected chi connectivity index (χ0v) is 37.3. The molecule has 5 unspecified atom stereocenters. The average molecular weight is 1050 g/mol. The molecule has 1 fully saturated rings. The first kappa shape index (κ1) is 43.0. The summed E-state index contributed by atoms with van der Waals surface area (Å²) in [7, 11) is 0. The Morgan fingerprint density at radius 3 is 1.92 bits per heavy atom. The minimum Gasteiger partial charge on any atom is -0.508 e. The number of phenols is 1. The van der Waals surface area contributed by atoms with Gasteiger partial charge in [0.15, 0.2) is 6.29 Å². The summed E-state index contributed by atoms with van der Waals surface area (Å²) in [4.78, 5) is 0. The van der Waals surface area contributed by atoms with Crippen molar-refractivity contribution in [3.05, 3.63) is 185 Å². The van der Waals surface area contributed by atoms with Crippen LogP contribution < -0.4 is 14.2 Å². The smallest absolute Gasteiger partial charge is 0.199 e. The van der Waals surface area contributed by atoms with Crippen molar-refractivity contribution in [2.45, 2.75) is 63.1 Å². The molecule has 6 aromatic rings. The molecule has 1 saturated heterocycles. The van der Waals surface area contributed by atoms with E-state index in [0.29, 0.717) is 46.1 Å². The Labute approximate surface area is 378 Å². The van der Waals surface area contributed by atoms with Crippen LogP contribution in [0.25, 0.3) is 11.1 Å². The molecule has 3 aliphatic rings. The molecule has 0 spiro atoms. The van der Waals surface area contributed by atoms with Crippen LogP contribution in [0.5, 0.6) is 23.0 Å². The molecule has 0 radical (unpaired) electrons. The Hall–Kier alpha value is -4.64. The van der Waals surface area contributed by atoms with Gasteiger partial charge in [-0.05, 0) is 172 Å². The van der Waals surface area contributed by atoms with E-state index >= 15 is 0 Å². The molecular formula is C49H40F4I2O6. The summed E-state index contributed by atoms with van der Waals surface area (Å²) in [6.45, 7) is 4.23. The molecular weight excluding hydrogens is 1010 g/mol. The number of ether oxygens (including phenoxy) is 4. The molecule has 12 heteroatoms. The van der Waals surface area contributed by atoms with E-state index in [0.717, 1.165) is 60.8 Å². The number of rotatable bonds is 6. The monoisotopic (exact) mass is 1050 g/mol. The van der Waals surface area contributed by atoms with Crippen LogP contribution in [0, 0.1) is 30.4 Å². The predicted octanol–water partition coefficient (Wildman–Crippen LogP) is 12.9. The maximum absolute atomic E-state index is 14.2. The third-order valence-electron chi connectivity index (χ3n) is 11.1. The first-order chi connectivity index (χ1) is 29.2. The summed E-state index contributed by atoms with van der Waals surface area (Å²) >= 11 is 4.43. The Balaban J connectivity index is 0.000000173. The van der Waals surface area contributed by atoms with E-state index in [-0.39, 0.29) is 12.0 Å². The lowest BCUT2D eigenvalue weighted by atomic mass is 9.71. The van der Waals surface area contributed by atoms with Crippen molar-refractivity contribution < 1.29 is 46.7 Å². The number of allylic oxidation sites excluding steroid dienone is 1. The highest BCUT2D eigenvalue weighted by Gasteiger charge is 2.48. The summed E-state index contributed by atoms with van der Waals surface area (Å²) in [5.41, 5.74) is 3.82. The van der Waals surface area contributed by atoms with Crippen LogP contribution in [-0.2, 0) is 10.3 Å². The lowest BCUT2D eigenvalue weighted by molar-refractivity contribution is -0.106. The molecule has 0 aromatic heterocycles. The van der Waals surface area contributed by atoms with E-state index in [4.69, 9.17) is 18.9 Å². The quantitative estimate of drug-likeness (QED) is 0.128. The summed E-state index contributed by atoms with van der Waals surface area (Å²) < 4.78 is 82.6. The molecule has 0 aliphatic carbocycles. The minimum atomic E-state index is -1.47. The fourth-order valence-electron chi connectivity index (χ4n) is 8.28. The van der Waals surface area contributed by atoms with Gasteiger partial charge in [0.25, 0.3) is 0 Å². The van der Waals surface area contributed by atoms with Gasteiger partial charge in [0, 0.05) is 54.5 Å². The minimum absolute atomic E-state index is 0.100. The second-order valence-corrected chi connectivity index (χ2v) is 17.9. The van der Waals surface area contributed by atoms with Gasteiger partial charge in [0.1, 0.15) is 64.1 Å². The highest BCUT2D eigenvalue weighted by atomic mass is 127. The van der Waals surface area contributed by atoms with Crippen molar-refractivity contribution in [1.82, 2.24) is 0 Å². The summed E-state index contributed by atoms with van der Waals surface area (Å²) in [6.07, 6.45) is 1.34. The number of aromatic hydroxyl groups is 1. The molecule has 0 saturated carbocycles. The second-order valence-electron chi connectivity index (χ2n) is 15.4. The molecule has 3 heterocycles. The Morgan fingerprint density at radius 1 is 0.672 bits per heavy atom. The Bertz CT molecular complexity index is 2550. The zero-order valence-electron chi connectivity index (χ0n) is 33.0. The highest BCUT2D eigenvalue weighted by Crippen LogP contribution is 2.54. The summed E-state index contributed by atoms with van der Waals surface area (Å²) in [5.74, 6) is -1.73. The largest absolute Gasteiger partial charge is 0.508 e. The van der Waals surface area contributed by atoms with Gasteiger partial charge in [-0.3, -0.25) is 0 Å². The highest BCUT2D eigenvalue weighted by molar-refractivity contribution is 14.1. The van der Waals surface area contributed by atoms with Crippen molar-refractivity contribution in [3.8, 4) is 23.0 Å². The topological polar surface area (TPSA) is 77.4 Å². The predicted molar refractivity (Wildman–Crippen MR) is 241 cm³/mol. The molecule has 0 amide bonds. The number of hydrogen-bond donors (Lipinski definition) is 2. The molecule has 0 bridgehead atoms. The number of benzene rings is 6. The van der Waals surface area contributed by atoms with Crippen molar-refractivity contribution in [2.75, 3.05) is 6.61 Å². The van der Waals surface area contributed by atoms with Crippen LogP contribution in [-0.4, -0.2) is 23.1 Å². The number of phenolic OH excluding ortho intramolecular Hbond substituents is 1. The second kappa shape index (κ2) is 18.0. The van der Waals surface area contributed by atoms with Crippen LogP contribution in [0.3, 0.4) is 0 Å². The molecule has 3 aliphatic heterocycles. The van der Waals surface area contributed by atoms with Crippen LogP contribution in [0.1, 0.15) is 84.6 Å². The van der Waals surface area contributed by atoms with Gasteiger partial charge >= 0.3 is 0 Å². The van der Waals surface area contributed by atoms with E-state index in [2.05, 4.69) is 45.2 Å². The number of aliphatic hydroxyl groups is 1. The third kappa shape index (κ3) is 9.42. The van der Waals surface area contributed by atoms with Gasteiger partial charge in [-0.15, -0.1) is 0 Å².